The molecule has 1 fully saturated rings. The number of nitrogens with zero attached hydrogens (tertiary/aromatic N) is 2. The van der Waals surface area contributed by atoms with E-state index in [4.69, 9.17) is 11.6 Å². The van der Waals surface area contributed by atoms with Crippen LogP contribution >= 0.6 is 11.6 Å². The predicted octanol–water partition coefficient (Wildman–Crippen LogP) is 4.00. The zero-order valence-corrected chi connectivity index (χ0v) is 14.4. The fraction of sp³-hybridized carbons (Fsp3) is 0.316. The summed E-state index contributed by atoms with van der Waals surface area (Å²) in [5.74, 6) is -0.899. The Hall–Kier alpha value is -2.07. The number of piperazine rings is 1. The minimum atomic E-state index is -0.565. The molecule has 0 saturated carbocycles. The molecule has 0 spiro atoms. The Kier molecular flexibility index (Phi) is 5.05. The van der Waals surface area contributed by atoms with E-state index in [9.17, 15) is 9.18 Å². The van der Waals surface area contributed by atoms with Gasteiger partial charge in [-0.15, -0.1) is 0 Å². The van der Waals surface area contributed by atoms with Crippen molar-refractivity contribution < 1.29 is 9.18 Å². The Bertz CT molecular complexity index is 704. The van der Waals surface area contributed by atoms with E-state index in [0.29, 0.717) is 13.1 Å². The van der Waals surface area contributed by atoms with Gasteiger partial charge in [-0.3, -0.25) is 4.79 Å². The number of carbonyl (C=O) groups excluding carboxylic acids is 1. The van der Waals surface area contributed by atoms with Crippen LogP contribution in [-0.2, 0) is 6.42 Å². The molecule has 3 rings (SSSR count). The first-order valence-electron chi connectivity index (χ1n) is 8.17. The second kappa shape index (κ2) is 7.22. The van der Waals surface area contributed by atoms with Crippen molar-refractivity contribution in [3.05, 3.63) is 64.4 Å². The van der Waals surface area contributed by atoms with Gasteiger partial charge < -0.3 is 9.80 Å². The molecule has 0 N–H and O–H groups in total. The molecule has 0 atom stereocenters. The number of rotatable bonds is 3. The van der Waals surface area contributed by atoms with Crippen LogP contribution in [0, 0.1) is 5.82 Å². The first-order chi connectivity index (χ1) is 11.6. The van der Waals surface area contributed by atoms with Crippen molar-refractivity contribution in [2.45, 2.75) is 13.3 Å². The molecule has 3 nitrogen and oxygen atoms in total. The number of hydrogen-bond donors (Lipinski definition) is 0. The van der Waals surface area contributed by atoms with Crippen molar-refractivity contribution in [2.75, 3.05) is 31.1 Å². The van der Waals surface area contributed by atoms with Crippen LogP contribution in [0.2, 0.25) is 5.02 Å². The van der Waals surface area contributed by atoms with Crippen LogP contribution in [0.4, 0.5) is 10.1 Å². The van der Waals surface area contributed by atoms with Gasteiger partial charge in [0, 0.05) is 31.9 Å². The normalized spacial score (nSPS) is 14.8. The number of anilines is 1. The maximum Gasteiger partial charge on any atom is 0.258 e. The zero-order valence-electron chi connectivity index (χ0n) is 13.6. The van der Waals surface area contributed by atoms with Gasteiger partial charge in [-0.05, 0) is 36.2 Å². The van der Waals surface area contributed by atoms with Crippen LogP contribution in [-0.4, -0.2) is 37.0 Å². The molecule has 126 valence electrons. The van der Waals surface area contributed by atoms with Gasteiger partial charge in [0.05, 0.1) is 10.6 Å². The lowest BCUT2D eigenvalue weighted by molar-refractivity contribution is 0.0742. The Morgan fingerprint density at radius 3 is 2.33 bits per heavy atom. The molecule has 0 unspecified atom stereocenters. The summed E-state index contributed by atoms with van der Waals surface area (Å²) in [7, 11) is 0. The van der Waals surface area contributed by atoms with Crippen molar-refractivity contribution in [3.8, 4) is 0 Å². The highest BCUT2D eigenvalue weighted by atomic mass is 35.5. The first-order valence-corrected chi connectivity index (χ1v) is 8.55. The molecular weight excluding hydrogens is 327 g/mol. The van der Waals surface area contributed by atoms with Crippen molar-refractivity contribution in [2.24, 2.45) is 0 Å². The molecule has 1 aliphatic heterocycles. The molecule has 1 saturated heterocycles. The summed E-state index contributed by atoms with van der Waals surface area (Å²) in [6.45, 7) is 4.69. The lowest BCUT2D eigenvalue weighted by atomic mass is 10.1. The van der Waals surface area contributed by atoms with Gasteiger partial charge in [0.15, 0.2) is 0 Å². The summed E-state index contributed by atoms with van der Waals surface area (Å²) in [6.07, 6.45) is 1.02. The molecular formula is C19H20ClFN2O. The molecule has 0 radical (unpaired) electrons. The minimum Gasteiger partial charge on any atom is -0.368 e. The van der Waals surface area contributed by atoms with Gasteiger partial charge in [0.25, 0.3) is 5.91 Å². The average Bonchev–Trinajstić information content (AvgIpc) is 2.62. The number of aryl methyl sites for hydroxylation is 1. The lowest BCUT2D eigenvalue weighted by Gasteiger charge is -2.36. The van der Waals surface area contributed by atoms with Gasteiger partial charge in [0.2, 0.25) is 0 Å². The monoisotopic (exact) mass is 346 g/mol. The molecule has 0 bridgehead atoms. The second-order valence-electron chi connectivity index (χ2n) is 5.90. The summed E-state index contributed by atoms with van der Waals surface area (Å²) in [4.78, 5) is 16.5. The summed E-state index contributed by atoms with van der Waals surface area (Å²) in [6, 6.07) is 12.8. The third kappa shape index (κ3) is 3.39. The Balaban J connectivity index is 1.67. The van der Waals surface area contributed by atoms with E-state index in [1.807, 2.05) is 0 Å². The molecule has 2 aromatic rings. The van der Waals surface area contributed by atoms with Crippen LogP contribution in [0.5, 0.6) is 0 Å². The standard InChI is InChI=1S/C19H20ClFN2O/c1-2-14-6-8-15(9-7-14)22-10-12-23(13-11-22)19(24)18-16(20)4-3-5-17(18)21/h3-9H,2,10-13H2,1H3. The minimum absolute atomic E-state index is 0.0279. The maximum absolute atomic E-state index is 13.9. The van der Waals surface area contributed by atoms with E-state index < -0.39 is 5.82 Å². The molecule has 1 heterocycles. The van der Waals surface area contributed by atoms with E-state index in [-0.39, 0.29) is 16.5 Å². The highest BCUT2D eigenvalue weighted by molar-refractivity contribution is 6.33. The number of amides is 1. The van der Waals surface area contributed by atoms with Crippen molar-refractivity contribution in [1.82, 2.24) is 4.90 Å². The van der Waals surface area contributed by atoms with Crippen LogP contribution < -0.4 is 4.90 Å². The summed E-state index contributed by atoms with van der Waals surface area (Å²) >= 11 is 6.00. The number of benzene rings is 2. The summed E-state index contributed by atoms with van der Waals surface area (Å²) in [5.41, 5.74) is 2.44. The Morgan fingerprint density at radius 1 is 1.08 bits per heavy atom. The molecule has 5 heteroatoms. The molecule has 1 aliphatic rings. The predicted molar refractivity (Wildman–Crippen MR) is 95.3 cm³/mol. The largest absolute Gasteiger partial charge is 0.368 e. The van der Waals surface area contributed by atoms with Crippen LogP contribution in [0.3, 0.4) is 0 Å². The van der Waals surface area contributed by atoms with Crippen molar-refractivity contribution >= 4 is 23.2 Å². The molecule has 2 aromatic carbocycles. The molecule has 24 heavy (non-hydrogen) atoms. The van der Waals surface area contributed by atoms with Gasteiger partial charge in [-0.2, -0.15) is 0 Å². The SMILES string of the molecule is CCc1ccc(N2CCN(C(=O)c3c(F)cccc3Cl)CC2)cc1. The number of halogens is 2. The van der Waals surface area contributed by atoms with Crippen LogP contribution in [0.15, 0.2) is 42.5 Å². The smallest absolute Gasteiger partial charge is 0.258 e. The fourth-order valence-corrected chi connectivity index (χ4v) is 3.21. The molecule has 0 aliphatic carbocycles. The lowest BCUT2D eigenvalue weighted by Crippen LogP contribution is -2.49. The summed E-state index contributed by atoms with van der Waals surface area (Å²) < 4.78 is 13.9. The fourth-order valence-electron chi connectivity index (χ4n) is 2.97. The topological polar surface area (TPSA) is 23.6 Å². The van der Waals surface area contributed by atoms with E-state index in [1.165, 1.54) is 17.7 Å². The molecule has 1 amide bonds. The number of carbonyl (C=O) groups is 1. The van der Waals surface area contributed by atoms with Crippen molar-refractivity contribution in [3.63, 3.8) is 0 Å². The highest BCUT2D eigenvalue weighted by Gasteiger charge is 2.25. The number of hydrogen-bond acceptors (Lipinski definition) is 2. The van der Waals surface area contributed by atoms with E-state index >= 15 is 0 Å². The zero-order chi connectivity index (χ0) is 17.1. The highest BCUT2D eigenvalue weighted by Crippen LogP contribution is 2.23. The van der Waals surface area contributed by atoms with Crippen LogP contribution in [0.1, 0.15) is 22.8 Å². The molecule has 0 aromatic heterocycles. The summed E-state index contributed by atoms with van der Waals surface area (Å²) in [5, 5.41) is 0.164. The van der Waals surface area contributed by atoms with E-state index in [0.717, 1.165) is 25.2 Å². The maximum atomic E-state index is 13.9. The van der Waals surface area contributed by atoms with E-state index in [1.54, 1.807) is 11.0 Å². The van der Waals surface area contributed by atoms with Crippen molar-refractivity contribution in [1.29, 1.82) is 0 Å². The quantitative estimate of drug-likeness (QED) is 0.838. The van der Waals surface area contributed by atoms with Gasteiger partial charge in [0.1, 0.15) is 5.82 Å². The van der Waals surface area contributed by atoms with Gasteiger partial charge in [-0.25, -0.2) is 4.39 Å². The first kappa shape index (κ1) is 16.8. The Labute approximate surface area is 146 Å². The average molecular weight is 347 g/mol. The van der Waals surface area contributed by atoms with Crippen LogP contribution in [0.25, 0.3) is 0 Å². The van der Waals surface area contributed by atoms with Gasteiger partial charge in [-0.1, -0.05) is 36.7 Å². The van der Waals surface area contributed by atoms with Gasteiger partial charge >= 0.3 is 0 Å². The third-order valence-corrected chi connectivity index (χ3v) is 4.77. The third-order valence-electron chi connectivity index (χ3n) is 4.45. The Morgan fingerprint density at radius 2 is 1.75 bits per heavy atom. The second-order valence-corrected chi connectivity index (χ2v) is 6.30. The van der Waals surface area contributed by atoms with E-state index in [2.05, 4.69) is 36.1 Å².